The van der Waals surface area contributed by atoms with Gasteiger partial charge in [-0.1, -0.05) is 12.1 Å². The number of hydrogen-bond donors (Lipinski definition) is 0. The van der Waals surface area contributed by atoms with E-state index in [9.17, 15) is 14.9 Å². The molecule has 0 bridgehead atoms. The number of ether oxygens (including phenoxy) is 4. The van der Waals surface area contributed by atoms with Crippen LogP contribution in [0.1, 0.15) is 26.6 Å². The molecule has 248 valence electrons. The molecule has 5 rings (SSSR count). The number of aromatic nitrogens is 1. The second-order valence-electron chi connectivity index (χ2n) is 11.0. The third-order valence-corrected chi connectivity index (χ3v) is 9.01. The van der Waals surface area contributed by atoms with Crippen molar-refractivity contribution in [2.75, 3.05) is 66.1 Å². The van der Waals surface area contributed by atoms with E-state index in [-0.39, 0.29) is 11.6 Å². The van der Waals surface area contributed by atoms with Crippen molar-refractivity contribution in [3.63, 3.8) is 0 Å². The van der Waals surface area contributed by atoms with Crippen LogP contribution in [-0.2, 0) is 19.5 Å². The summed E-state index contributed by atoms with van der Waals surface area (Å²) >= 11 is 1.48. The van der Waals surface area contributed by atoms with Crippen molar-refractivity contribution in [1.29, 1.82) is 0 Å². The highest BCUT2D eigenvalue weighted by Crippen LogP contribution is 2.29. The molecule has 1 aliphatic rings. The predicted molar refractivity (Wildman–Crippen MR) is 180 cm³/mol. The number of hydrogen-bond acceptors (Lipinski definition) is 11. The number of carbonyl (C=O) groups is 1. The number of amides is 1. The Morgan fingerprint density at radius 2 is 1.60 bits per heavy atom. The van der Waals surface area contributed by atoms with Gasteiger partial charge in [0.25, 0.3) is 11.6 Å². The predicted octanol–water partition coefficient (Wildman–Crippen LogP) is 5.29. The summed E-state index contributed by atoms with van der Waals surface area (Å²) in [5.41, 5.74) is 3.53. The second-order valence-corrected chi connectivity index (χ2v) is 11.9. The Labute approximate surface area is 278 Å². The van der Waals surface area contributed by atoms with Gasteiger partial charge in [-0.15, -0.1) is 11.3 Å². The summed E-state index contributed by atoms with van der Waals surface area (Å²) in [6.07, 6.45) is 0.759. The van der Waals surface area contributed by atoms with E-state index in [0.29, 0.717) is 56.5 Å². The lowest BCUT2D eigenvalue weighted by atomic mass is 10.1. The maximum atomic E-state index is 13.4. The number of nitro groups is 1. The van der Waals surface area contributed by atoms with Crippen LogP contribution in [0.15, 0.2) is 66.0 Å². The highest BCUT2D eigenvalue weighted by atomic mass is 32.1. The van der Waals surface area contributed by atoms with Crippen molar-refractivity contribution in [3.8, 4) is 23.0 Å². The Morgan fingerprint density at radius 3 is 2.26 bits per heavy atom. The molecular weight excluding hydrogens is 622 g/mol. The zero-order chi connectivity index (χ0) is 33.3. The number of nitro benzene ring substituents is 1. The molecule has 0 N–H and O–H groups in total. The van der Waals surface area contributed by atoms with E-state index < -0.39 is 4.92 Å². The van der Waals surface area contributed by atoms with Crippen LogP contribution in [0.2, 0.25) is 0 Å². The number of thiazole rings is 1. The maximum Gasteiger partial charge on any atom is 0.273 e. The fraction of sp³-hybridized carbons (Fsp3) is 0.353. The Bertz CT molecular complexity index is 1670. The zero-order valence-corrected chi connectivity index (χ0v) is 27.8. The highest BCUT2D eigenvalue weighted by Gasteiger charge is 2.25. The van der Waals surface area contributed by atoms with Gasteiger partial charge >= 0.3 is 0 Å². The van der Waals surface area contributed by atoms with Crippen LogP contribution in [0.3, 0.4) is 0 Å². The van der Waals surface area contributed by atoms with Crippen LogP contribution in [0.4, 0.5) is 11.4 Å². The van der Waals surface area contributed by atoms with Crippen LogP contribution < -0.4 is 23.8 Å². The molecule has 2 heterocycles. The van der Waals surface area contributed by atoms with Crippen LogP contribution in [-0.4, -0.2) is 86.8 Å². The molecule has 1 fully saturated rings. The van der Waals surface area contributed by atoms with E-state index in [1.165, 1.54) is 23.5 Å². The Kier molecular flexibility index (Phi) is 11.1. The van der Waals surface area contributed by atoms with E-state index in [0.717, 1.165) is 46.3 Å². The molecule has 0 aliphatic carbocycles. The van der Waals surface area contributed by atoms with Gasteiger partial charge in [0, 0.05) is 74.1 Å². The van der Waals surface area contributed by atoms with Crippen LogP contribution in [0.25, 0.3) is 0 Å². The van der Waals surface area contributed by atoms with Gasteiger partial charge in [0.2, 0.25) is 0 Å². The molecule has 0 radical (unpaired) electrons. The van der Waals surface area contributed by atoms with E-state index in [4.69, 9.17) is 23.9 Å². The van der Waals surface area contributed by atoms with Crippen LogP contribution in [0, 0.1) is 10.1 Å². The average molecular weight is 662 g/mol. The number of carbonyl (C=O) groups excluding carboxylic acids is 1. The van der Waals surface area contributed by atoms with Gasteiger partial charge in [0.05, 0.1) is 39.9 Å². The van der Waals surface area contributed by atoms with Gasteiger partial charge < -0.3 is 28.7 Å². The molecule has 12 nitrogen and oxygen atoms in total. The van der Waals surface area contributed by atoms with Crippen LogP contribution in [0.5, 0.6) is 23.0 Å². The van der Waals surface area contributed by atoms with Gasteiger partial charge in [-0.25, -0.2) is 4.98 Å². The average Bonchev–Trinajstić information content (AvgIpc) is 3.58. The third-order valence-electron chi connectivity index (χ3n) is 8.18. The molecule has 1 amide bonds. The highest BCUT2D eigenvalue weighted by molar-refractivity contribution is 7.09. The molecule has 47 heavy (non-hydrogen) atoms. The summed E-state index contributed by atoms with van der Waals surface area (Å²) in [6, 6.07) is 18.3. The van der Waals surface area contributed by atoms with Gasteiger partial charge in [-0.05, 0) is 42.3 Å². The quantitative estimate of drug-likeness (QED) is 0.130. The first-order valence-corrected chi connectivity index (χ1v) is 16.1. The van der Waals surface area contributed by atoms with Gasteiger partial charge in [0.1, 0.15) is 22.2 Å². The lowest BCUT2D eigenvalue weighted by molar-refractivity contribution is -0.384. The lowest BCUT2D eigenvalue weighted by Crippen LogP contribution is -2.48. The summed E-state index contributed by atoms with van der Waals surface area (Å²) in [6.45, 7) is 4.22. The van der Waals surface area contributed by atoms with Crippen molar-refractivity contribution in [2.24, 2.45) is 0 Å². The first kappa shape index (κ1) is 33.5. The fourth-order valence-corrected chi connectivity index (χ4v) is 6.36. The van der Waals surface area contributed by atoms with E-state index in [1.54, 1.807) is 40.6 Å². The van der Waals surface area contributed by atoms with Gasteiger partial charge in [-0.2, -0.15) is 0 Å². The summed E-state index contributed by atoms with van der Waals surface area (Å²) in [5.74, 6) is 2.74. The van der Waals surface area contributed by atoms with E-state index in [1.807, 2.05) is 46.7 Å². The first-order chi connectivity index (χ1) is 22.8. The normalized spacial score (nSPS) is 13.0. The van der Waals surface area contributed by atoms with Crippen molar-refractivity contribution in [1.82, 2.24) is 14.8 Å². The molecule has 13 heteroatoms. The molecule has 0 spiro atoms. The molecular formula is C34H39N5O7S. The Balaban J connectivity index is 1.26. The molecule has 1 aliphatic heterocycles. The number of methoxy groups -OCH3 is 4. The minimum Gasteiger partial charge on any atom is -0.497 e. The van der Waals surface area contributed by atoms with Crippen molar-refractivity contribution in [2.45, 2.75) is 19.5 Å². The summed E-state index contributed by atoms with van der Waals surface area (Å²) < 4.78 is 22.0. The SMILES string of the molecule is COc1ccc(CN(CCc2ccc(OC)c(OC)c2)Cc2nc(C(=O)N3CCN(c4ccc([N+](=O)[O-])cc4)CC3)cs2)c(OC)c1. The molecule has 3 aromatic carbocycles. The van der Waals surface area contributed by atoms with Crippen molar-refractivity contribution >= 4 is 28.6 Å². The number of nitrogens with zero attached hydrogens (tertiary/aromatic N) is 5. The fourth-order valence-electron chi connectivity index (χ4n) is 5.55. The minimum atomic E-state index is -0.407. The lowest BCUT2D eigenvalue weighted by Gasteiger charge is -2.35. The van der Waals surface area contributed by atoms with E-state index in [2.05, 4.69) is 9.80 Å². The first-order valence-electron chi connectivity index (χ1n) is 15.2. The minimum absolute atomic E-state index is 0.0598. The zero-order valence-electron chi connectivity index (χ0n) is 27.0. The number of benzene rings is 3. The number of piperazine rings is 1. The Morgan fingerprint density at radius 1 is 0.872 bits per heavy atom. The summed E-state index contributed by atoms with van der Waals surface area (Å²) in [7, 11) is 6.53. The number of anilines is 1. The standard InChI is InChI=1S/C34H39N5O7S/c1-43-28-11-6-25(31(20-28)45-3)21-36(14-13-24-5-12-30(44-2)32(19-24)46-4)22-33-35-29(23-47-33)34(40)38-17-15-37(16-18-38)26-7-9-27(10-8-26)39(41)42/h5-12,19-20,23H,13-18,21-22H2,1-4H3. The molecule has 4 aromatic rings. The molecule has 0 atom stereocenters. The van der Waals surface area contributed by atoms with Gasteiger partial charge in [-0.3, -0.25) is 19.8 Å². The monoisotopic (exact) mass is 661 g/mol. The smallest absolute Gasteiger partial charge is 0.273 e. The number of rotatable bonds is 14. The molecule has 0 saturated carbocycles. The topological polar surface area (TPSA) is 120 Å². The largest absolute Gasteiger partial charge is 0.497 e. The second kappa shape index (κ2) is 15.6. The maximum absolute atomic E-state index is 13.4. The third kappa shape index (κ3) is 8.29. The van der Waals surface area contributed by atoms with Crippen LogP contribution >= 0.6 is 11.3 Å². The molecule has 0 unspecified atom stereocenters. The Hall–Kier alpha value is -4.88. The number of non-ortho nitro benzene ring substituents is 1. The van der Waals surface area contributed by atoms with E-state index >= 15 is 0 Å². The summed E-state index contributed by atoms with van der Waals surface area (Å²) in [5, 5.41) is 13.7. The van der Waals surface area contributed by atoms with Crippen molar-refractivity contribution < 1.29 is 28.7 Å². The summed E-state index contributed by atoms with van der Waals surface area (Å²) in [4.78, 5) is 35.0. The van der Waals surface area contributed by atoms with Crippen molar-refractivity contribution in [3.05, 3.63) is 98.0 Å². The molecule has 1 aromatic heterocycles. The van der Waals surface area contributed by atoms with Gasteiger partial charge in [0.15, 0.2) is 11.5 Å². The molecule has 1 saturated heterocycles.